The lowest BCUT2D eigenvalue weighted by Gasteiger charge is -2.20. The number of halogens is 2. The van der Waals surface area contributed by atoms with Crippen molar-refractivity contribution in [1.82, 2.24) is 9.78 Å². The number of nitrogens with zero attached hydrogens (tertiary/aromatic N) is 4. The van der Waals surface area contributed by atoms with E-state index in [9.17, 15) is 14.0 Å². The van der Waals surface area contributed by atoms with Gasteiger partial charge in [0.2, 0.25) is 5.91 Å². The lowest BCUT2D eigenvalue weighted by Crippen LogP contribution is -2.39. The Balaban J connectivity index is 1.61. The van der Waals surface area contributed by atoms with Crippen molar-refractivity contribution in [1.29, 1.82) is 0 Å². The van der Waals surface area contributed by atoms with Gasteiger partial charge in [0.05, 0.1) is 17.1 Å². The fraction of sp³-hybridized carbons (Fsp3) is 0.143. The molecule has 0 bridgehead atoms. The van der Waals surface area contributed by atoms with Crippen molar-refractivity contribution in [3.05, 3.63) is 71.1 Å². The molecule has 2 aromatic carbocycles. The SMILES string of the molecule is Cc1cc(NC(=O)C2=NN(c3ccc(F)cc3)C(C(N)=O)C2)n(-c2cccc(Cl)c2)n1. The molecule has 4 rings (SSSR count). The largest absolute Gasteiger partial charge is 0.368 e. The van der Waals surface area contributed by atoms with Crippen LogP contribution in [0.2, 0.25) is 5.02 Å². The Morgan fingerprint density at radius 1 is 1.16 bits per heavy atom. The number of aryl methyl sites for hydroxylation is 1. The van der Waals surface area contributed by atoms with E-state index in [2.05, 4.69) is 15.5 Å². The molecule has 1 aliphatic rings. The van der Waals surface area contributed by atoms with Gasteiger partial charge in [-0.05, 0) is 49.4 Å². The number of anilines is 2. The predicted octanol–water partition coefficient (Wildman–Crippen LogP) is 3.03. The number of benzene rings is 2. The molecule has 3 aromatic rings. The van der Waals surface area contributed by atoms with Crippen LogP contribution in [0.5, 0.6) is 0 Å². The zero-order chi connectivity index (χ0) is 22.1. The van der Waals surface area contributed by atoms with Crippen LogP contribution < -0.4 is 16.1 Å². The molecule has 8 nitrogen and oxygen atoms in total. The third-order valence-corrected chi connectivity index (χ3v) is 4.95. The number of hydrogen-bond acceptors (Lipinski definition) is 5. The minimum Gasteiger partial charge on any atom is -0.368 e. The summed E-state index contributed by atoms with van der Waals surface area (Å²) in [5, 5.41) is 13.3. The van der Waals surface area contributed by atoms with Gasteiger partial charge in [0.1, 0.15) is 23.4 Å². The van der Waals surface area contributed by atoms with E-state index in [0.717, 1.165) is 0 Å². The number of aromatic nitrogens is 2. The fourth-order valence-electron chi connectivity index (χ4n) is 3.28. The summed E-state index contributed by atoms with van der Waals surface area (Å²) in [6, 6.07) is 13.3. The van der Waals surface area contributed by atoms with Gasteiger partial charge in [0, 0.05) is 17.5 Å². The number of nitrogens with two attached hydrogens (primary N) is 1. The monoisotopic (exact) mass is 440 g/mol. The molecule has 0 spiro atoms. The molecule has 1 aliphatic heterocycles. The van der Waals surface area contributed by atoms with Crippen LogP contribution in [0.1, 0.15) is 12.1 Å². The van der Waals surface area contributed by atoms with Crippen LogP contribution in [-0.4, -0.2) is 33.3 Å². The van der Waals surface area contributed by atoms with Gasteiger partial charge in [-0.1, -0.05) is 17.7 Å². The number of carbonyl (C=O) groups is 2. The number of hydrazone groups is 1. The lowest BCUT2D eigenvalue weighted by molar-refractivity contribution is -0.119. The van der Waals surface area contributed by atoms with E-state index in [1.54, 1.807) is 41.9 Å². The van der Waals surface area contributed by atoms with Crippen LogP contribution >= 0.6 is 11.6 Å². The van der Waals surface area contributed by atoms with Crippen LogP contribution in [0.15, 0.2) is 59.7 Å². The Morgan fingerprint density at radius 2 is 1.90 bits per heavy atom. The Labute approximate surface area is 182 Å². The highest BCUT2D eigenvalue weighted by atomic mass is 35.5. The molecule has 31 heavy (non-hydrogen) atoms. The molecule has 0 aliphatic carbocycles. The lowest BCUT2D eigenvalue weighted by atomic mass is 10.1. The first-order chi connectivity index (χ1) is 14.8. The molecular weight excluding hydrogens is 423 g/mol. The van der Waals surface area contributed by atoms with Crippen molar-refractivity contribution in [2.45, 2.75) is 19.4 Å². The van der Waals surface area contributed by atoms with Gasteiger partial charge < -0.3 is 11.1 Å². The first-order valence-corrected chi connectivity index (χ1v) is 9.75. The summed E-state index contributed by atoms with van der Waals surface area (Å²) in [7, 11) is 0. The van der Waals surface area contributed by atoms with Crippen molar-refractivity contribution in [3.63, 3.8) is 0 Å². The van der Waals surface area contributed by atoms with Crippen molar-refractivity contribution in [2.75, 3.05) is 10.3 Å². The number of hydrogen-bond donors (Lipinski definition) is 2. The quantitative estimate of drug-likeness (QED) is 0.636. The van der Waals surface area contributed by atoms with Gasteiger partial charge in [-0.3, -0.25) is 14.6 Å². The van der Waals surface area contributed by atoms with Gasteiger partial charge in [0.25, 0.3) is 5.91 Å². The van der Waals surface area contributed by atoms with Crippen LogP contribution in [-0.2, 0) is 9.59 Å². The number of nitrogens with one attached hydrogen (secondary N) is 1. The molecule has 0 saturated carbocycles. The molecule has 0 saturated heterocycles. The van der Waals surface area contributed by atoms with E-state index in [4.69, 9.17) is 17.3 Å². The zero-order valence-corrected chi connectivity index (χ0v) is 17.2. The number of amides is 2. The highest BCUT2D eigenvalue weighted by Gasteiger charge is 2.35. The molecule has 3 N–H and O–H groups in total. The van der Waals surface area contributed by atoms with E-state index >= 15 is 0 Å². The summed E-state index contributed by atoms with van der Waals surface area (Å²) >= 11 is 6.07. The maximum Gasteiger partial charge on any atom is 0.273 e. The Hall–Kier alpha value is -3.72. The normalized spacial score (nSPS) is 15.6. The second-order valence-corrected chi connectivity index (χ2v) is 7.44. The van der Waals surface area contributed by atoms with Gasteiger partial charge in [-0.2, -0.15) is 10.2 Å². The number of rotatable bonds is 5. The maximum atomic E-state index is 13.3. The minimum atomic E-state index is -0.856. The van der Waals surface area contributed by atoms with Gasteiger partial charge in [0.15, 0.2) is 0 Å². The van der Waals surface area contributed by atoms with Crippen LogP contribution in [0.3, 0.4) is 0 Å². The number of primary amides is 1. The predicted molar refractivity (Wildman–Crippen MR) is 116 cm³/mol. The molecule has 158 valence electrons. The van der Waals surface area contributed by atoms with E-state index < -0.39 is 23.7 Å². The Bertz CT molecular complexity index is 1190. The molecule has 1 unspecified atom stereocenters. The molecule has 2 amide bonds. The summed E-state index contributed by atoms with van der Waals surface area (Å²) in [6.45, 7) is 1.79. The second kappa shape index (κ2) is 8.19. The zero-order valence-electron chi connectivity index (χ0n) is 16.4. The van der Waals surface area contributed by atoms with Crippen LogP contribution in [0, 0.1) is 12.7 Å². The molecule has 10 heteroatoms. The van der Waals surface area contributed by atoms with Gasteiger partial charge in [-0.25, -0.2) is 9.07 Å². The van der Waals surface area contributed by atoms with Crippen molar-refractivity contribution in [2.24, 2.45) is 10.8 Å². The molecular formula is C21H18ClFN6O2. The average molecular weight is 441 g/mol. The maximum absolute atomic E-state index is 13.3. The summed E-state index contributed by atoms with van der Waals surface area (Å²) in [5.41, 5.74) is 7.43. The summed E-state index contributed by atoms with van der Waals surface area (Å²) in [5.74, 6) is -1.15. The standard InChI is InChI=1S/C21H18ClFN6O2/c1-12-9-19(29(26-12)16-4-2-3-13(22)10-16)25-21(31)17-11-18(20(24)30)28(27-17)15-7-5-14(23)6-8-15/h2-10,18H,11H2,1H3,(H2,24,30)(H,25,31). The highest BCUT2D eigenvalue weighted by molar-refractivity contribution is 6.44. The van der Waals surface area contributed by atoms with Gasteiger partial charge in [-0.15, -0.1) is 0 Å². The fourth-order valence-corrected chi connectivity index (χ4v) is 3.47. The summed E-state index contributed by atoms with van der Waals surface area (Å²) in [4.78, 5) is 24.9. The van der Waals surface area contributed by atoms with Crippen LogP contribution in [0.25, 0.3) is 5.69 Å². The van der Waals surface area contributed by atoms with E-state index in [0.29, 0.717) is 27.9 Å². The average Bonchev–Trinajstić information content (AvgIpc) is 3.33. The topological polar surface area (TPSA) is 106 Å². The molecule has 1 aromatic heterocycles. The van der Waals surface area contributed by atoms with Crippen LogP contribution in [0.4, 0.5) is 15.9 Å². The second-order valence-electron chi connectivity index (χ2n) is 7.01. The highest BCUT2D eigenvalue weighted by Crippen LogP contribution is 2.26. The Kier molecular flexibility index (Phi) is 5.43. The first-order valence-electron chi connectivity index (χ1n) is 9.37. The molecule has 0 fully saturated rings. The van der Waals surface area contributed by atoms with Crippen molar-refractivity contribution < 1.29 is 14.0 Å². The minimum absolute atomic E-state index is 0.0167. The molecule has 2 heterocycles. The van der Waals surface area contributed by atoms with Crippen molar-refractivity contribution >= 4 is 40.6 Å². The smallest absolute Gasteiger partial charge is 0.273 e. The summed E-state index contributed by atoms with van der Waals surface area (Å²) < 4.78 is 14.8. The first kappa shape index (κ1) is 20.5. The third-order valence-electron chi connectivity index (χ3n) is 4.72. The third kappa shape index (κ3) is 4.26. The number of carbonyl (C=O) groups excluding carboxylic acids is 2. The van der Waals surface area contributed by atoms with E-state index in [1.165, 1.54) is 29.3 Å². The Morgan fingerprint density at radius 3 is 2.58 bits per heavy atom. The van der Waals surface area contributed by atoms with Gasteiger partial charge >= 0.3 is 0 Å². The van der Waals surface area contributed by atoms with E-state index in [1.807, 2.05) is 0 Å². The summed E-state index contributed by atoms with van der Waals surface area (Å²) in [6.07, 6.45) is 0.0167. The van der Waals surface area contributed by atoms with E-state index in [-0.39, 0.29) is 12.1 Å². The molecule has 0 radical (unpaired) electrons. The van der Waals surface area contributed by atoms with Crippen molar-refractivity contribution in [3.8, 4) is 5.69 Å². The molecule has 1 atom stereocenters.